The first-order chi connectivity index (χ1) is 9.07. The molecular weight excluding hydrogens is 306 g/mol. The van der Waals surface area contributed by atoms with Crippen LogP contribution in [0.2, 0.25) is 0 Å². The van der Waals surface area contributed by atoms with E-state index < -0.39 is 45.0 Å². The minimum Gasteiger partial charge on any atom is -0.465 e. The Hall–Kier alpha value is -1.68. The van der Waals surface area contributed by atoms with E-state index in [4.69, 9.17) is 0 Å². The van der Waals surface area contributed by atoms with Crippen LogP contribution in [0.5, 0.6) is 0 Å². The smallest absolute Gasteiger partial charge is 0.402 e. The zero-order valence-corrected chi connectivity index (χ0v) is 10.8. The largest absolute Gasteiger partial charge is 0.465 e. The van der Waals surface area contributed by atoms with Gasteiger partial charge in [0.25, 0.3) is 0 Å². The summed E-state index contributed by atoms with van der Waals surface area (Å²) in [7, 11) is -3.76. The van der Waals surface area contributed by atoms with E-state index in [1.807, 2.05) is 0 Å². The second-order valence-corrected chi connectivity index (χ2v) is 5.31. The van der Waals surface area contributed by atoms with Gasteiger partial charge in [-0.2, -0.15) is 13.2 Å². The minimum atomic E-state index is -4.79. The SMILES string of the molecule is COC(=O)c1ccc(F)cc1S(=O)(=O)NCC(F)(F)F. The molecule has 1 aromatic rings. The number of halogens is 4. The van der Waals surface area contributed by atoms with Crippen LogP contribution >= 0.6 is 0 Å². The molecule has 0 heterocycles. The van der Waals surface area contributed by atoms with E-state index in [0.717, 1.165) is 19.2 Å². The summed E-state index contributed by atoms with van der Waals surface area (Å²) in [5.41, 5.74) is -0.566. The average molecular weight is 315 g/mol. The Labute approximate surface area is 111 Å². The third-order valence-electron chi connectivity index (χ3n) is 2.10. The van der Waals surface area contributed by atoms with Gasteiger partial charge in [-0.25, -0.2) is 22.3 Å². The van der Waals surface area contributed by atoms with Gasteiger partial charge >= 0.3 is 12.1 Å². The third kappa shape index (κ3) is 4.17. The molecule has 0 aliphatic carbocycles. The molecule has 0 saturated carbocycles. The molecule has 0 bridgehead atoms. The van der Waals surface area contributed by atoms with Crippen LogP contribution in [0.3, 0.4) is 0 Å². The average Bonchev–Trinajstić information content (AvgIpc) is 2.35. The Balaban J connectivity index is 3.23. The van der Waals surface area contributed by atoms with Crippen molar-refractivity contribution in [3.63, 3.8) is 0 Å². The number of benzene rings is 1. The van der Waals surface area contributed by atoms with Crippen LogP contribution in [-0.4, -0.2) is 34.2 Å². The number of hydrogen-bond donors (Lipinski definition) is 1. The normalized spacial score (nSPS) is 12.2. The lowest BCUT2D eigenvalue weighted by Crippen LogP contribution is -2.34. The van der Waals surface area contributed by atoms with E-state index in [0.29, 0.717) is 6.07 Å². The van der Waals surface area contributed by atoms with Crippen molar-refractivity contribution in [3.8, 4) is 0 Å². The summed E-state index contributed by atoms with van der Waals surface area (Å²) in [6.07, 6.45) is -4.79. The highest BCUT2D eigenvalue weighted by molar-refractivity contribution is 7.89. The third-order valence-corrected chi connectivity index (χ3v) is 3.54. The molecule has 0 aliphatic heterocycles. The molecular formula is C10H9F4NO4S. The molecule has 0 saturated heterocycles. The second kappa shape index (κ2) is 5.75. The van der Waals surface area contributed by atoms with Crippen LogP contribution in [0.15, 0.2) is 23.1 Å². The summed E-state index contributed by atoms with van der Waals surface area (Å²) < 4.78 is 78.0. The number of rotatable bonds is 4. The minimum absolute atomic E-state index is 0.435. The first kappa shape index (κ1) is 16.4. The highest BCUT2D eigenvalue weighted by Gasteiger charge is 2.32. The summed E-state index contributed by atoms with van der Waals surface area (Å²) in [5.74, 6) is -2.14. The molecule has 1 rings (SSSR count). The number of ether oxygens (including phenoxy) is 1. The standard InChI is InChI=1S/C10H9F4NO4S/c1-19-9(16)7-3-2-6(11)4-8(7)20(17,18)15-5-10(12,13)14/h2-4,15H,5H2,1H3. The molecule has 20 heavy (non-hydrogen) atoms. The van der Waals surface area contributed by atoms with Gasteiger partial charge in [0, 0.05) is 0 Å². The van der Waals surface area contributed by atoms with Crippen LogP contribution < -0.4 is 4.72 Å². The van der Waals surface area contributed by atoms with Crippen molar-refractivity contribution < 1.29 is 35.5 Å². The van der Waals surface area contributed by atoms with Gasteiger partial charge in [0.15, 0.2) is 0 Å². The molecule has 0 aliphatic rings. The van der Waals surface area contributed by atoms with Crippen molar-refractivity contribution in [3.05, 3.63) is 29.6 Å². The number of sulfonamides is 1. The number of carbonyl (C=O) groups is 1. The number of nitrogens with one attached hydrogen (secondary N) is 1. The highest BCUT2D eigenvalue weighted by Crippen LogP contribution is 2.20. The molecule has 0 unspecified atom stereocenters. The van der Waals surface area contributed by atoms with Gasteiger partial charge in [0.2, 0.25) is 10.0 Å². The van der Waals surface area contributed by atoms with Crippen LogP contribution in [0.1, 0.15) is 10.4 Å². The van der Waals surface area contributed by atoms with Crippen molar-refractivity contribution >= 4 is 16.0 Å². The quantitative estimate of drug-likeness (QED) is 0.674. The van der Waals surface area contributed by atoms with Crippen molar-refractivity contribution in [2.24, 2.45) is 0 Å². The number of carbonyl (C=O) groups excluding carboxylic acids is 1. The molecule has 112 valence electrons. The van der Waals surface area contributed by atoms with Gasteiger partial charge in [0.1, 0.15) is 12.4 Å². The molecule has 0 fully saturated rings. The molecule has 10 heteroatoms. The molecule has 0 atom stereocenters. The Bertz CT molecular complexity index is 612. The first-order valence-electron chi connectivity index (χ1n) is 5.01. The predicted molar refractivity (Wildman–Crippen MR) is 59.0 cm³/mol. The number of hydrogen-bond acceptors (Lipinski definition) is 4. The lowest BCUT2D eigenvalue weighted by molar-refractivity contribution is -0.121. The molecule has 0 amide bonds. The maximum Gasteiger partial charge on any atom is 0.402 e. The van der Waals surface area contributed by atoms with Gasteiger partial charge in [-0.05, 0) is 18.2 Å². The molecule has 1 N–H and O–H groups in total. The number of esters is 1. The molecule has 0 radical (unpaired) electrons. The highest BCUT2D eigenvalue weighted by atomic mass is 32.2. The molecule has 1 aromatic carbocycles. The number of alkyl halides is 3. The van der Waals surface area contributed by atoms with E-state index in [9.17, 15) is 30.8 Å². The Morgan fingerprint density at radius 1 is 1.35 bits per heavy atom. The van der Waals surface area contributed by atoms with E-state index >= 15 is 0 Å². The second-order valence-electron chi connectivity index (χ2n) is 3.57. The summed E-state index contributed by atoms with van der Waals surface area (Å²) >= 11 is 0. The van der Waals surface area contributed by atoms with Crippen LogP contribution in [0, 0.1) is 5.82 Å². The van der Waals surface area contributed by atoms with Crippen molar-refractivity contribution in [2.45, 2.75) is 11.1 Å². The Morgan fingerprint density at radius 3 is 2.45 bits per heavy atom. The molecule has 5 nitrogen and oxygen atoms in total. The Morgan fingerprint density at radius 2 is 1.95 bits per heavy atom. The topological polar surface area (TPSA) is 72.5 Å². The van der Waals surface area contributed by atoms with Crippen molar-refractivity contribution in [1.29, 1.82) is 0 Å². The fraction of sp³-hybridized carbons (Fsp3) is 0.300. The Kier molecular flexibility index (Phi) is 4.71. The summed E-state index contributed by atoms with van der Waals surface area (Å²) in [4.78, 5) is 10.4. The van der Waals surface area contributed by atoms with E-state index in [-0.39, 0.29) is 0 Å². The fourth-order valence-electron chi connectivity index (χ4n) is 1.25. The van der Waals surface area contributed by atoms with Crippen LogP contribution in [0.25, 0.3) is 0 Å². The molecule has 0 spiro atoms. The van der Waals surface area contributed by atoms with Gasteiger partial charge in [-0.15, -0.1) is 0 Å². The summed E-state index contributed by atoms with van der Waals surface area (Å²) in [5, 5.41) is 0. The zero-order valence-electron chi connectivity index (χ0n) is 9.99. The maximum atomic E-state index is 13.1. The summed E-state index contributed by atoms with van der Waals surface area (Å²) in [6, 6.07) is 2.03. The number of methoxy groups -OCH3 is 1. The monoisotopic (exact) mass is 315 g/mol. The van der Waals surface area contributed by atoms with E-state index in [1.54, 1.807) is 0 Å². The van der Waals surface area contributed by atoms with Gasteiger partial charge < -0.3 is 4.74 Å². The van der Waals surface area contributed by atoms with Crippen LogP contribution in [0.4, 0.5) is 17.6 Å². The fourth-order valence-corrected chi connectivity index (χ4v) is 2.47. The molecule has 0 aromatic heterocycles. The summed E-state index contributed by atoms with van der Waals surface area (Å²) in [6.45, 7) is -1.84. The van der Waals surface area contributed by atoms with Gasteiger partial charge in [0.05, 0.1) is 17.6 Å². The van der Waals surface area contributed by atoms with E-state index in [2.05, 4.69) is 4.74 Å². The van der Waals surface area contributed by atoms with E-state index in [1.165, 1.54) is 4.72 Å². The first-order valence-corrected chi connectivity index (χ1v) is 6.49. The zero-order chi connectivity index (χ0) is 15.6. The predicted octanol–water partition coefficient (Wildman–Crippen LogP) is 1.45. The van der Waals surface area contributed by atoms with Crippen LogP contribution in [-0.2, 0) is 14.8 Å². The van der Waals surface area contributed by atoms with Gasteiger partial charge in [-0.1, -0.05) is 0 Å². The van der Waals surface area contributed by atoms with Crippen molar-refractivity contribution in [2.75, 3.05) is 13.7 Å². The lowest BCUT2D eigenvalue weighted by atomic mass is 10.2. The van der Waals surface area contributed by atoms with Gasteiger partial charge in [-0.3, -0.25) is 0 Å². The van der Waals surface area contributed by atoms with Crippen molar-refractivity contribution in [1.82, 2.24) is 4.72 Å². The maximum absolute atomic E-state index is 13.1. The lowest BCUT2D eigenvalue weighted by Gasteiger charge is -2.12.